The van der Waals surface area contributed by atoms with Crippen LogP contribution in [0.3, 0.4) is 0 Å². The highest BCUT2D eigenvalue weighted by Gasteiger charge is 2.20. The van der Waals surface area contributed by atoms with Gasteiger partial charge in [0.05, 0.1) is 6.10 Å². The highest BCUT2D eigenvalue weighted by Crippen LogP contribution is 2.18. The predicted molar refractivity (Wildman–Crippen MR) is 76.0 cm³/mol. The maximum Gasteiger partial charge on any atom is 0.0693 e. The zero-order valence-corrected chi connectivity index (χ0v) is 11.5. The van der Waals surface area contributed by atoms with Crippen molar-refractivity contribution in [2.45, 2.75) is 50.7 Å². The van der Waals surface area contributed by atoms with Gasteiger partial charge in [0.25, 0.3) is 0 Å². The topological polar surface area (TPSA) is 32.3 Å². The second-order valence-electron chi connectivity index (χ2n) is 5.14. The summed E-state index contributed by atoms with van der Waals surface area (Å²) in [5, 5.41) is 14.3. The molecule has 2 unspecified atom stereocenters. The molecule has 0 aliphatic heterocycles. The summed E-state index contributed by atoms with van der Waals surface area (Å²) in [4.78, 5) is 0. The van der Waals surface area contributed by atoms with Crippen LogP contribution in [0, 0.1) is 0 Å². The van der Waals surface area contributed by atoms with Gasteiger partial charge < -0.3 is 10.4 Å². The molecule has 0 amide bonds. The molecule has 2 atom stereocenters. The Bertz CT molecular complexity index is 352. The van der Waals surface area contributed by atoms with Crippen LogP contribution in [-0.2, 0) is 6.42 Å². The number of benzene rings is 1. The third-order valence-corrected chi connectivity index (χ3v) is 3.96. The third kappa shape index (κ3) is 4.27. The maximum atomic E-state index is 10.0. The minimum Gasteiger partial charge on any atom is -0.392 e. The summed E-state index contributed by atoms with van der Waals surface area (Å²) in [6, 6.07) is 8.26. The van der Waals surface area contributed by atoms with E-state index in [4.69, 9.17) is 11.6 Å². The summed E-state index contributed by atoms with van der Waals surface area (Å²) >= 11 is 5.86. The van der Waals surface area contributed by atoms with Gasteiger partial charge in [-0.1, -0.05) is 43.0 Å². The Balaban J connectivity index is 1.75. The van der Waals surface area contributed by atoms with Gasteiger partial charge in [0.2, 0.25) is 0 Å². The minimum atomic E-state index is -0.169. The Labute approximate surface area is 114 Å². The Morgan fingerprint density at radius 3 is 2.61 bits per heavy atom. The first-order valence-electron chi connectivity index (χ1n) is 6.91. The van der Waals surface area contributed by atoms with Crippen LogP contribution in [0.1, 0.15) is 37.7 Å². The fraction of sp³-hybridized carbons (Fsp3) is 0.600. The normalized spacial score (nSPS) is 24.8. The molecule has 1 aromatic carbocycles. The van der Waals surface area contributed by atoms with Crippen LogP contribution in [0.2, 0.25) is 5.02 Å². The summed E-state index contributed by atoms with van der Waals surface area (Å²) in [7, 11) is 0. The van der Waals surface area contributed by atoms with Crippen LogP contribution >= 0.6 is 11.6 Å². The van der Waals surface area contributed by atoms with Crippen LogP contribution < -0.4 is 5.32 Å². The van der Waals surface area contributed by atoms with E-state index in [1.165, 1.54) is 18.4 Å². The molecule has 1 aliphatic carbocycles. The van der Waals surface area contributed by atoms with E-state index in [0.717, 1.165) is 37.3 Å². The SMILES string of the molecule is OC1CCCCCC1NCCc1ccc(Cl)cc1. The molecular formula is C15H22ClNO. The molecule has 0 spiro atoms. The van der Waals surface area contributed by atoms with Gasteiger partial charge in [0, 0.05) is 11.1 Å². The maximum absolute atomic E-state index is 10.0. The zero-order valence-electron chi connectivity index (χ0n) is 10.7. The molecule has 0 radical (unpaired) electrons. The van der Waals surface area contributed by atoms with Gasteiger partial charge in [-0.05, 0) is 43.5 Å². The Kier molecular flexibility index (Phi) is 5.48. The molecule has 1 fully saturated rings. The van der Waals surface area contributed by atoms with Crippen LogP contribution in [0.25, 0.3) is 0 Å². The van der Waals surface area contributed by atoms with Crippen molar-refractivity contribution in [3.63, 3.8) is 0 Å². The molecule has 0 bridgehead atoms. The fourth-order valence-corrected chi connectivity index (χ4v) is 2.71. The second-order valence-corrected chi connectivity index (χ2v) is 5.58. The summed E-state index contributed by atoms with van der Waals surface area (Å²) in [6.07, 6.45) is 6.51. The average Bonchev–Trinajstić information content (AvgIpc) is 2.57. The van der Waals surface area contributed by atoms with Crippen LogP contribution in [-0.4, -0.2) is 23.8 Å². The van der Waals surface area contributed by atoms with Gasteiger partial charge in [-0.3, -0.25) is 0 Å². The summed E-state index contributed by atoms with van der Waals surface area (Å²) in [5.74, 6) is 0. The van der Waals surface area contributed by atoms with E-state index in [0.29, 0.717) is 0 Å². The van der Waals surface area contributed by atoms with Crippen LogP contribution in [0.4, 0.5) is 0 Å². The number of halogens is 1. The van der Waals surface area contributed by atoms with Crippen molar-refractivity contribution >= 4 is 11.6 Å². The van der Waals surface area contributed by atoms with Gasteiger partial charge in [-0.15, -0.1) is 0 Å². The Hall–Kier alpha value is -0.570. The average molecular weight is 268 g/mol. The third-order valence-electron chi connectivity index (χ3n) is 3.71. The lowest BCUT2D eigenvalue weighted by Gasteiger charge is -2.21. The first kappa shape index (κ1) is 13.9. The fourth-order valence-electron chi connectivity index (χ4n) is 2.58. The highest BCUT2D eigenvalue weighted by molar-refractivity contribution is 6.30. The number of rotatable bonds is 4. The lowest BCUT2D eigenvalue weighted by molar-refractivity contribution is 0.120. The quantitative estimate of drug-likeness (QED) is 0.822. The molecule has 1 saturated carbocycles. The molecule has 0 heterocycles. The van der Waals surface area contributed by atoms with E-state index in [-0.39, 0.29) is 12.1 Å². The molecular weight excluding hydrogens is 246 g/mol. The van der Waals surface area contributed by atoms with Crippen LogP contribution in [0.15, 0.2) is 24.3 Å². The molecule has 18 heavy (non-hydrogen) atoms. The van der Waals surface area contributed by atoms with Gasteiger partial charge in [0.15, 0.2) is 0 Å². The Morgan fingerprint density at radius 2 is 1.83 bits per heavy atom. The van der Waals surface area contributed by atoms with E-state index in [9.17, 15) is 5.11 Å². The van der Waals surface area contributed by atoms with Crippen molar-refractivity contribution in [2.75, 3.05) is 6.54 Å². The summed E-state index contributed by atoms with van der Waals surface area (Å²) < 4.78 is 0. The first-order chi connectivity index (χ1) is 8.75. The molecule has 100 valence electrons. The van der Waals surface area contributed by atoms with E-state index in [2.05, 4.69) is 17.4 Å². The smallest absolute Gasteiger partial charge is 0.0693 e. The predicted octanol–water partition coefficient (Wildman–Crippen LogP) is 3.17. The largest absolute Gasteiger partial charge is 0.392 e. The standard InChI is InChI=1S/C15H22ClNO/c16-13-8-6-12(7-9-13)10-11-17-14-4-2-1-3-5-15(14)18/h6-9,14-15,17-18H,1-5,10-11H2. The lowest BCUT2D eigenvalue weighted by Crippen LogP contribution is -2.40. The minimum absolute atomic E-state index is 0.169. The van der Waals surface area contributed by atoms with Gasteiger partial charge in [0.1, 0.15) is 0 Å². The van der Waals surface area contributed by atoms with Crippen molar-refractivity contribution in [2.24, 2.45) is 0 Å². The summed E-state index contributed by atoms with van der Waals surface area (Å²) in [6.45, 7) is 0.920. The first-order valence-corrected chi connectivity index (χ1v) is 7.29. The second kappa shape index (κ2) is 7.13. The number of nitrogens with one attached hydrogen (secondary N) is 1. The Morgan fingerprint density at radius 1 is 1.11 bits per heavy atom. The number of aliphatic hydroxyl groups is 1. The van der Waals surface area contributed by atoms with Crippen molar-refractivity contribution in [3.05, 3.63) is 34.9 Å². The van der Waals surface area contributed by atoms with E-state index in [1.54, 1.807) is 0 Å². The van der Waals surface area contributed by atoms with E-state index < -0.39 is 0 Å². The van der Waals surface area contributed by atoms with Crippen molar-refractivity contribution in [3.8, 4) is 0 Å². The molecule has 1 aliphatic rings. The van der Waals surface area contributed by atoms with E-state index in [1.807, 2.05) is 12.1 Å². The lowest BCUT2D eigenvalue weighted by atomic mass is 10.1. The molecule has 1 aromatic rings. The molecule has 2 rings (SSSR count). The van der Waals surface area contributed by atoms with E-state index >= 15 is 0 Å². The van der Waals surface area contributed by atoms with Gasteiger partial charge >= 0.3 is 0 Å². The molecule has 2 nitrogen and oxygen atoms in total. The van der Waals surface area contributed by atoms with Gasteiger partial charge in [-0.25, -0.2) is 0 Å². The number of hydrogen-bond donors (Lipinski definition) is 2. The van der Waals surface area contributed by atoms with Crippen molar-refractivity contribution < 1.29 is 5.11 Å². The van der Waals surface area contributed by atoms with Crippen LogP contribution in [0.5, 0.6) is 0 Å². The molecule has 0 saturated heterocycles. The zero-order chi connectivity index (χ0) is 12.8. The monoisotopic (exact) mass is 267 g/mol. The summed E-state index contributed by atoms with van der Waals surface area (Å²) in [5.41, 5.74) is 1.29. The highest BCUT2D eigenvalue weighted by atomic mass is 35.5. The molecule has 0 aromatic heterocycles. The van der Waals surface area contributed by atoms with Crippen molar-refractivity contribution in [1.29, 1.82) is 0 Å². The van der Waals surface area contributed by atoms with Crippen molar-refractivity contribution in [1.82, 2.24) is 5.32 Å². The molecule has 2 N–H and O–H groups in total. The molecule has 3 heteroatoms. The van der Waals surface area contributed by atoms with Gasteiger partial charge in [-0.2, -0.15) is 0 Å². The number of aliphatic hydroxyl groups excluding tert-OH is 1. The number of hydrogen-bond acceptors (Lipinski definition) is 2.